The number of nitrogens with one attached hydrogen (secondary N) is 1. The summed E-state index contributed by atoms with van der Waals surface area (Å²) < 4.78 is 1.64. The fraction of sp³-hybridized carbons (Fsp3) is 0.417. The van der Waals surface area contributed by atoms with Crippen LogP contribution in [0.2, 0.25) is 0 Å². The van der Waals surface area contributed by atoms with Gasteiger partial charge in [0.1, 0.15) is 5.56 Å². The van der Waals surface area contributed by atoms with Crippen molar-refractivity contribution in [3.05, 3.63) is 29.7 Å². The van der Waals surface area contributed by atoms with Crippen molar-refractivity contribution in [3.8, 4) is 0 Å². The fourth-order valence-electron chi connectivity index (χ4n) is 2.15. The van der Waals surface area contributed by atoms with E-state index in [1.807, 2.05) is 24.1 Å². The maximum Gasteiger partial charge on any atom is 0.259 e. The summed E-state index contributed by atoms with van der Waals surface area (Å²) in [6, 6.07) is 1.87. The zero-order chi connectivity index (χ0) is 12.5. The normalized spacial score (nSPS) is 15.3. The van der Waals surface area contributed by atoms with Crippen LogP contribution in [0.1, 0.15) is 16.1 Å². The molecule has 0 aromatic carbocycles. The van der Waals surface area contributed by atoms with Crippen LogP contribution in [0, 0.1) is 6.92 Å². The number of amides is 1. The second-order valence-corrected chi connectivity index (χ2v) is 4.44. The molecule has 1 amide bonds. The lowest BCUT2D eigenvalue weighted by molar-refractivity contribution is 0.0737. The molecule has 3 rings (SSSR count). The van der Waals surface area contributed by atoms with E-state index < -0.39 is 0 Å². The second kappa shape index (κ2) is 5.54. The Bertz CT molecular complexity index is 591. The van der Waals surface area contributed by atoms with E-state index in [4.69, 9.17) is 0 Å². The van der Waals surface area contributed by atoms with Crippen LogP contribution in [0.15, 0.2) is 18.5 Å². The van der Waals surface area contributed by atoms with E-state index in [1.165, 1.54) is 0 Å². The standard InChI is InChI=1S/C12H15N5O.ClH/c1-9-2-5-17-11(15-9)10(8-14-17)12(18)16-6-3-13-4-7-16;/h2,5,8,13H,3-4,6-7H2,1H3;1H. The zero-order valence-electron chi connectivity index (χ0n) is 10.7. The lowest BCUT2D eigenvalue weighted by Gasteiger charge is -2.26. The van der Waals surface area contributed by atoms with Gasteiger partial charge in [-0.05, 0) is 13.0 Å². The van der Waals surface area contributed by atoms with Gasteiger partial charge in [-0.15, -0.1) is 12.4 Å². The summed E-state index contributed by atoms with van der Waals surface area (Å²) in [6.07, 6.45) is 3.43. The molecule has 6 nitrogen and oxygen atoms in total. The summed E-state index contributed by atoms with van der Waals surface area (Å²) in [6.45, 7) is 5.07. The molecule has 1 aliphatic rings. The van der Waals surface area contributed by atoms with E-state index in [1.54, 1.807) is 10.7 Å². The molecule has 1 aliphatic heterocycles. The molecule has 1 N–H and O–H groups in total. The lowest BCUT2D eigenvalue weighted by Crippen LogP contribution is -2.46. The zero-order valence-corrected chi connectivity index (χ0v) is 11.5. The van der Waals surface area contributed by atoms with Crippen molar-refractivity contribution in [1.82, 2.24) is 24.8 Å². The van der Waals surface area contributed by atoms with Crippen molar-refractivity contribution < 1.29 is 4.79 Å². The van der Waals surface area contributed by atoms with Crippen molar-refractivity contribution in [1.29, 1.82) is 0 Å². The summed E-state index contributed by atoms with van der Waals surface area (Å²) in [5.74, 6) is 0.0181. The van der Waals surface area contributed by atoms with Crippen molar-refractivity contribution in [2.45, 2.75) is 6.92 Å². The molecular formula is C12H16ClN5O. The number of hydrogen-bond acceptors (Lipinski definition) is 4. The van der Waals surface area contributed by atoms with E-state index in [0.717, 1.165) is 31.9 Å². The van der Waals surface area contributed by atoms with Gasteiger partial charge >= 0.3 is 0 Å². The van der Waals surface area contributed by atoms with E-state index in [9.17, 15) is 4.79 Å². The minimum Gasteiger partial charge on any atom is -0.336 e. The van der Waals surface area contributed by atoms with Crippen molar-refractivity contribution in [2.75, 3.05) is 26.2 Å². The van der Waals surface area contributed by atoms with Gasteiger partial charge in [0.15, 0.2) is 5.65 Å². The second-order valence-electron chi connectivity index (χ2n) is 4.44. The highest BCUT2D eigenvalue weighted by Crippen LogP contribution is 2.12. The topological polar surface area (TPSA) is 62.5 Å². The number of carbonyl (C=O) groups excluding carboxylic acids is 1. The predicted octanol–water partition coefficient (Wildman–Crippen LogP) is 0.505. The molecule has 0 radical (unpaired) electrons. The van der Waals surface area contributed by atoms with E-state index in [-0.39, 0.29) is 18.3 Å². The van der Waals surface area contributed by atoms with Crippen LogP contribution >= 0.6 is 12.4 Å². The van der Waals surface area contributed by atoms with Crippen LogP contribution in [0.4, 0.5) is 0 Å². The summed E-state index contributed by atoms with van der Waals surface area (Å²) in [5.41, 5.74) is 2.11. The molecule has 1 fully saturated rings. The average molecular weight is 282 g/mol. The van der Waals surface area contributed by atoms with Crippen LogP contribution in [0.5, 0.6) is 0 Å². The molecule has 0 saturated carbocycles. The van der Waals surface area contributed by atoms with Gasteiger partial charge in [0, 0.05) is 38.1 Å². The number of hydrogen-bond donors (Lipinski definition) is 1. The molecule has 0 atom stereocenters. The third-order valence-electron chi connectivity index (χ3n) is 3.14. The van der Waals surface area contributed by atoms with Crippen LogP contribution in [-0.2, 0) is 0 Å². The quantitative estimate of drug-likeness (QED) is 0.827. The lowest BCUT2D eigenvalue weighted by atomic mass is 10.2. The maximum absolute atomic E-state index is 12.4. The molecule has 102 valence electrons. The first-order valence-corrected chi connectivity index (χ1v) is 6.07. The number of aryl methyl sites for hydroxylation is 1. The number of aromatic nitrogens is 3. The number of rotatable bonds is 1. The Labute approximate surface area is 117 Å². The minimum absolute atomic E-state index is 0. The molecule has 1 saturated heterocycles. The Morgan fingerprint density at radius 1 is 1.37 bits per heavy atom. The Morgan fingerprint density at radius 3 is 2.84 bits per heavy atom. The number of fused-ring (bicyclic) bond motifs is 1. The molecule has 0 unspecified atom stereocenters. The Hall–Kier alpha value is -1.66. The smallest absolute Gasteiger partial charge is 0.259 e. The Morgan fingerprint density at radius 2 is 2.11 bits per heavy atom. The van der Waals surface area contributed by atoms with Crippen molar-refractivity contribution in [3.63, 3.8) is 0 Å². The monoisotopic (exact) mass is 281 g/mol. The molecule has 0 spiro atoms. The third-order valence-corrected chi connectivity index (χ3v) is 3.14. The van der Waals surface area contributed by atoms with Crippen LogP contribution in [0.25, 0.3) is 5.65 Å². The molecule has 0 bridgehead atoms. The number of nitrogens with zero attached hydrogens (tertiary/aromatic N) is 4. The van der Waals surface area contributed by atoms with E-state index in [0.29, 0.717) is 11.2 Å². The van der Waals surface area contributed by atoms with Crippen LogP contribution in [0.3, 0.4) is 0 Å². The summed E-state index contributed by atoms with van der Waals surface area (Å²) >= 11 is 0. The average Bonchev–Trinajstić information content (AvgIpc) is 2.82. The van der Waals surface area contributed by atoms with Crippen molar-refractivity contribution >= 4 is 24.0 Å². The van der Waals surface area contributed by atoms with Gasteiger partial charge in [0.2, 0.25) is 0 Å². The Balaban J connectivity index is 0.00000133. The van der Waals surface area contributed by atoms with Gasteiger partial charge in [0.25, 0.3) is 5.91 Å². The fourth-order valence-corrected chi connectivity index (χ4v) is 2.15. The van der Waals surface area contributed by atoms with Crippen molar-refractivity contribution in [2.24, 2.45) is 0 Å². The number of piperazine rings is 1. The van der Waals surface area contributed by atoms with Gasteiger partial charge in [-0.2, -0.15) is 5.10 Å². The SMILES string of the molecule is Cc1ccn2ncc(C(=O)N3CCNCC3)c2n1.Cl. The largest absolute Gasteiger partial charge is 0.336 e. The van der Waals surface area contributed by atoms with Gasteiger partial charge in [-0.25, -0.2) is 9.50 Å². The number of halogens is 1. The highest BCUT2D eigenvalue weighted by Gasteiger charge is 2.21. The van der Waals surface area contributed by atoms with Gasteiger partial charge < -0.3 is 10.2 Å². The van der Waals surface area contributed by atoms with Crippen LogP contribution < -0.4 is 5.32 Å². The van der Waals surface area contributed by atoms with Crippen LogP contribution in [-0.4, -0.2) is 51.6 Å². The molecule has 2 aromatic rings. The first-order chi connectivity index (χ1) is 8.75. The Kier molecular flexibility index (Phi) is 4.01. The molecule has 7 heteroatoms. The third kappa shape index (κ3) is 2.54. The molecule has 0 aliphatic carbocycles. The highest BCUT2D eigenvalue weighted by atomic mass is 35.5. The summed E-state index contributed by atoms with van der Waals surface area (Å²) in [4.78, 5) is 18.6. The number of carbonyl (C=O) groups is 1. The molecule has 19 heavy (non-hydrogen) atoms. The predicted molar refractivity (Wildman–Crippen MR) is 73.7 cm³/mol. The highest BCUT2D eigenvalue weighted by molar-refractivity contribution is 5.99. The van der Waals surface area contributed by atoms with Gasteiger partial charge in [-0.1, -0.05) is 0 Å². The summed E-state index contributed by atoms with van der Waals surface area (Å²) in [7, 11) is 0. The maximum atomic E-state index is 12.4. The summed E-state index contributed by atoms with van der Waals surface area (Å²) in [5, 5.41) is 7.40. The molecule has 3 heterocycles. The molecular weight excluding hydrogens is 266 g/mol. The first kappa shape index (κ1) is 13.8. The van der Waals surface area contributed by atoms with E-state index in [2.05, 4.69) is 15.4 Å². The van der Waals surface area contributed by atoms with Gasteiger partial charge in [-0.3, -0.25) is 4.79 Å². The first-order valence-electron chi connectivity index (χ1n) is 6.07. The van der Waals surface area contributed by atoms with E-state index >= 15 is 0 Å². The molecule has 2 aromatic heterocycles. The minimum atomic E-state index is 0. The van der Waals surface area contributed by atoms with Gasteiger partial charge in [0.05, 0.1) is 6.20 Å².